The molecule has 1 amide bonds. The van der Waals surface area contributed by atoms with Gasteiger partial charge in [0.1, 0.15) is 0 Å². The highest BCUT2D eigenvalue weighted by Crippen LogP contribution is 2.18. The van der Waals surface area contributed by atoms with Crippen LogP contribution in [0.25, 0.3) is 0 Å². The fraction of sp³-hybridized carbons (Fsp3) is 0.316. The number of nitrogens with zero attached hydrogens (tertiary/aromatic N) is 1. The smallest absolute Gasteiger partial charge is 0.234 e. The first-order valence-electron chi connectivity index (χ1n) is 7.85. The third kappa shape index (κ3) is 5.06. The van der Waals surface area contributed by atoms with Gasteiger partial charge in [0.05, 0.1) is 19.7 Å². The molecule has 2 aromatic carbocycles. The Morgan fingerprint density at radius 1 is 1.25 bits per heavy atom. The van der Waals surface area contributed by atoms with Crippen molar-refractivity contribution in [3.8, 4) is 5.75 Å². The van der Waals surface area contributed by atoms with Crippen LogP contribution in [-0.2, 0) is 11.3 Å². The third-order valence-corrected chi connectivity index (χ3v) is 3.76. The maximum absolute atomic E-state index is 13.7. The molecule has 128 valence electrons. The second kappa shape index (κ2) is 8.45. The zero-order chi connectivity index (χ0) is 17.5. The van der Waals surface area contributed by atoms with Crippen LogP contribution >= 0.6 is 0 Å². The van der Waals surface area contributed by atoms with Crippen LogP contribution in [0.1, 0.15) is 24.1 Å². The molecule has 0 aromatic heterocycles. The van der Waals surface area contributed by atoms with Gasteiger partial charge in [0.2, 0.25) is 5.91 Å². The molecule has 24 heavy (non-hydrogen) atoms. The van der Waals surface area contributed by atoms with Gasteiger partial charge in [0.25, 0.3) is 0 Å². The average molecular weight is 330 g/mol. The van der Waals surface area contributed by atoms with Crippen LogP contribution in [0.2, 0.25) is 0 Å². The zero-order valence-corrected chi connectivity index (χ0v) is 14.3. The van der Waals surface area contributed by atoms with E-state index >= 15 is 0 Å². The number of halogens is 1. The van der Waals surface area contributed by atoms with Crippen molar-refractivity contribution in [3.05, 3.63) is 65.5 Å². The van der Waals surface area contributed by atoms with E-state index in [1.54, 1.807) is 12.1 Å². The van der Waals surface area contributed by atoms with Gasteiger partial charge in [-0.1, -0.05) is 36.4 Å². The summed E-state index contributed by atoms with van der Waals surface area (Å²) in [7, 11) is 3.26. The number of rotatable bonds is 7. The molecule has 0 aliphatic rings. The summed E-state index contributed by atoms with van der Waals surface area (Å²) in [5.74, 6) is -0.246. The lowest BCUT2D eigenvalue weighted by Crippen LogP contribution is -2.36. The van der Waals surface area contributed by atoms with Crippen molar-refractivity contribution < 1.29 is 13.9 Å². The first-order valence-corrected chi connectivity index (χ1v) is 7.85. The fourth-order valence-electron chi connectivity index (χ4n) is 2.53. The van der Waals surface area contributed by atoms with Gasteiger partial charge in [-0.2, -0.15) is 0 Å². The maximum Gasteiger partial charge on any atom is 0.234 e. The molecule has 0 fully saturated rings. The lowest BCUT2D eigenvalue weighted by atomic mass is 10.1. The molecule has 2 aromatic rings. The van der Waals surface area contributed by atoms with E-state index in [9.17, 15) is 9.18 Å². The number of carbonyl (C=O) groups is 1. The summed E-state index contributed by atoms with van der Waals surface area (Å²) in [5.41, 5.74) is 1.85. The lowest BCUT2D eigenvalue weighted by molar-refractivity contribution is -0.122. The number of hydrogen-bond donors (Lipinski definition) is 1. The van der Waals surface area contributed by atoms with Gasteiger partial charge >= 0.3 is 0 Å². The molecule has 0 saturated heterocycles. The highest BCUT2D eigenvalue weighted by molar-refractivity contribution is 5.78. The Labute approximate surface area is 142 Å². The summed E-state index contributed by atoms with van der Waals surface area (Å²) >= 11 is 0. The van der Waals surface area contributed by atoms with Crippen LogP contribution < -0.4 is 10.1 Å². The van der Waals surface area contributed by atoms with Crippen LogP contribution in [0, 0.1) is 5.82 Å². The number of ether oxygens (including phenoxy) is 1. The molecule has 0 saturated carbocycles. The van der Waals surface area contributed by atoms with E-state index in [-0.39, 0.29) is 24.2 Å². The number of benzene rings is 2. The summed E-state index contributed by atoms with van der Waals surface area (Å²) in [6, 6.07) is 14.6. The molecule has 0 unspecified atom stereocenters. The Balaban J connectivity index is 1.86. The second-order valence-corrected chi connectivity index (χ2v) is 5.84. The summed E-state index contributed by atoms with van der Waals surface area (Å²) in [5, 5.41) is 2.97. The normalized spacial score (nSPS) is 12.0. The number of amides is 1. The third-order valence-electron chi connectivity index (χ3n) is 3.76. The van der Waals surface area contributed by atoms with Crippen molar-refractivity contribution in [1.29, 1.82) is 0 Å². The van der Waals surface area contributed by atoms with Crippen LogP contribution in [0.5, 0.6) is 5.75 Å². The Morgan fingerprint density at radius 2 is 1.96 bits per heavy atom. The minimum absolute atomic E-state index is 0.0504. The fourth-order valence-corrected chi connectivity index (χ4v) is 2.53. The lowest BCUT2D eigenvalue weighted by Gasteiger charge is -2.19. The van der Waals surface area contributed by atoms with Crippen molar-refractivity contribution in [3.63, 3.8) is 0 Å². The van der Waals surface area contributed by atoms with Crippen molar-refractivity contribution >= 4 is 5.91 Å². The zero-order valence-electron chi connectivity index (χ0n) is 14.3. The monoisotopic (exact) mass is 330 g/mol. The Hall–Kier alpha value is -2.40. The topological polar surface area (TPSA) is 41.6 Å². The quantitative estimate of drug-likeness (QED) is 0.848. The van der Waals surface area contributed by atoms with Gasteiger partial charge in [0.15, 0.2) is 11.6 Å². The summed E-state index contributed by atoms with van der Waals surface area (Å²) in [6.07, 6.45) is 0. The highest BCUT2D eigenvalue weighted by Gasteiger charge is 2.12. The summed E-state index contributed by atoms with van der Waals surface area (Å²) in [6.45, 7) is 2.67. The average Bonchev–Trinajstić information content (AvgIpc) is 2.55. The second-order valence-electron chi connectivity index (χ2n) is 5.84. The number of hydrogen-bond acceptors (Lipinski definition) is 3. The van der Waals surface area contributed by atoms with Gasteiger partial charge in [-0.3, -0.25) is 9.69 Å². The molecule has 5 heteroatoms. The molecular formula is C19H23FN2O2. The SMILES string of the molecule is COc1ccc(CN(C)CC(=O)N[C@@H](C)c2ccccc2)cc1F. The first kappa shape index (κ1) is 17.9. The van der Waals surface area contributed by atoms with E-state index in [4.69, 9.17) is 4.74 Å². The van der Waals surface area contributed by atoms with E-state index in [1.165, 1.54) is 13.2 Å². The van der Waals surface area contributed by atoms with Gasteiger partial charge < -0.3 is 10.1 Å². The van der Waals surface area contributed by atoms with Crippen LogP contribution in [0.3, 0.4) is 0 Å². The first-order chi connectivity index (χ1) is 11.5. The minimum atomic E-state index is -0.398. The standard InChI is InChI=1S/C19H23FN2O2/c1-14(16-7-5-4-6-8-16)21-19(23)13-22(2)12-15-9-10-18(24-3)17(20)11-15/h4-11,14H,12-13H2,1-3H3,(H,21,23)/t14-/m0/s1. The summed E-state index contributed by atoms with van der Waals surface area (Å²) in [4.78, 5) is 14.0. The molecule has 4 nitrogen and oxygen atoms in total. The molecule has 0 heterocycles. The summed E-state index contributed by atoms with van der Waals surface area (Å²) < 4.78 is 18.6. The molecule has 0 bridgehead atoms. The molecule has 0 spiro atoms. The van der Waals surface area contributed by atoms with Gasteiger partial charge in [-0.05, 0) is 37.2 Å². The van der Waals surface area contributed by atoms with E-state index < -0.39 is 5.82 Å². The van der Waals surface area contributed by atoms with Gasteiger partial charge in [0, 0.05) is 6.54 Å². The van der Waals surface area contributed by atoms with Crippen LogP contribution in [0.15, 0.2) is 48.5 Å². The van der Waals surface area contributed by atoms with E-state index in [0.717, 1.165) is 11.1 Å². The largest absolute Gasteiger partial charge is 0.494 e. The van der Waals surface area contributed by atoms with E-state index in [2.05, 4.69) is 5.32 Å². The van der Waals surface area contributed by atoms with Crippen molar-refractivity contribution in [2.24, 2.45) is 0 Å². The molecule has 2 rings (SSSR count). The Kier molecular flexibility index (Phi) is 6.32. The molecule has 0 radical (unpaired) electrons. The maximum atomic E-state index is 13.7. The van der Waals surface area contributed by atoms with Gasteiger partial charge in [-0.25, -0.2) is 4.39 Å². The number of methoxy groups -OCH3 is 1. The number of likely N-dealkylation sites (N-methyl/N-ethyl adjacent to an activating group) is 1. The van der Waals surface area contributed by atoms with Crippen molar-refractivity contribution in [1.82, 2.24) is 10.2 Å². The molecule has 0 aliphatic carbocycles. The van der Waals surface area contributed by atoms with Crippen LogP contribution in [0.4, 0.5) is 4.39 Å². The number of nitrogens with one attached hydrogen (secondary N) is 1. The van der Waals surface area contributed by atoms with Crippen LogP contribution in [-0.4, -0.2) is 31.5 Å². The van der Waals surface area contributed by atoms with E-state index in [1.807, 2.05) is 49.2 Å². The predicted octanol–water partition coefficient (Wildman–Crippen LogP) is 3.14. The highest BCUT2D eigenvalue weighted by atomic mass is 19.1. The number of carbonyl (C=O) groups excluding carboxylic acids is 1. The van der Waals surface area contributed by atoms with Crippen molar-refractivity contribution in [2.45, 2.75) is 19.5 Å². The van der Waals surface area contributed by atoms with Crippen molar-refractivity contribution in [2.75, 3.05) is 20.7 Å². The minimum Gasteiger partial charge on any atom is -0.494 e. The Bertz CT molecular complexity index is 676. The van der Waals surface area contributed by atoms with Gasteiger partial charge in [-0.15, -0.1) is 0 Å². The molecular weight excluding hydrogens is 307 g/mol. The predicted molar refractivity (Wildman–Crippen MR) is 92.3 cm³/mol. The molecule has 1 atom stereocenters. The van der Waals surface area contributed by atoms with E-state index in [0.29, 0.717) is 6.54 Å². The molecule has 1 N–H and O–H groups in total. The molecule has 0 aliphatic heterocycles. The Morgan fingerprint density at radius 3 is 2.58 bits per heavy atom.